The molecule has 128 valence electrons. The first-order valence-electron chi connectivity index (χ1n) is 8.06. The summed E-state index contributed by atoms with van der Waals surface area (Å²) >= 11 is 0. The van der Waals surface area contributed by atoms with Crippen LogP contribution in [0.1, 0.15) is 27.0 Å². The summed E-state index contributed by atoms with van der Waals surface area (Å²) in [6.07, 6.45) is 0. The first-order chi connectivity index (χ1) is 12.4. The van der Waals surface area contributed by atoms with Gasteiger partial charge in [0.05, 0.1) is 0 Å². The Balaban J connectivity index is 1.90. The fourth-order valence-corrected chi connectivity index (χ4v) is 2.90. The van der Waals surface area contributed by atoms with Crippen LogP contribution in [0, 0.1) is 13.8 Å². The number of rotatable bonds is 2. The highest BCUT2D eigenvalue weighted by atomic mass is 16.4. The lowest BCUT2D eigenvalue weighted by Crippen LogP contribution is -2.20. The number of benzene rings is 2. The molecule has 0 aliphatic heterocycles. The zero-order valence-electron chi connectivity index (χ0n) is 14.2. The van der Waals surface area contributed by atoms with Crippen molar-refractivity contribution in [1.82, 2.24) is 0 Å². The Hall–Kier alpha value is -3.47. The van der Waals surface area contributed by atoms with Gasteiger partial charge in [0.15, 0.2) is 0 Å². The van der Waals surface area contributed by atoms with Crippen LogP contribution in [0.2, 0.25) is 0 Å². The van der Waals surface area contributed by atoms with Gasteiger partial charge >= 0.3 is 11.3 Å². The van der Waals surface area contributed by atoms with E-state index in [-0.39, 0.29) is 11.1 Å². The third-order valence-corrected chi connectivity index (χ3v) is 4.27. The maximum atomic E-state index is 12.8. The highest BCUT2D eigenvalue weighted by Gasteiger charge is 2.20. The first-order valence-corrected chi connectivity index (χ1v) is 8.06. The zero-order valence-corrected chi connectivity index (χ0v) is 14.2. The van der Waals surface area contributed by atoms with Crippen LogP contribution in [0.5, 0.6) is 0 Å². The molecule has 0 atom stereocenters. The van der Waals surface area contributed by atoms with Crippen LogP contribution in [0.15, 0.2) is 67.0 Å². The van der Waals surface area contributed by atoms with Gasteiger partial charge in [-0.3, -0.25) is 4.79 Å². The fraction of sp³-hybridized carbons (Fsp3) is 0.0952. The molecule has 0 aliphatic carbocycles. The van der Waals surface area contributed by atoms with Crippen LogP contribution in [0.25, 0.3) is 21.9 Å². The second-order valence-electron chi connectivity index (χ2n) is 6.31. The van der Waals surface area contributed by atoms with Crippen molar-refractivity contribution < 1.29 is 13.6 Å². The molecule has 0 unspecified atom stereocenters. The maximum absolute atomic E-state index is 12.8. The van der Waals surface area contributed by atoms with E-state index in [0.717, 1.165) is 11.1 Å². The Morgan fingerprint density at radius 1 is 0.692 bits per heavy atom. The number of hydrogen-bond donors (Lipinski definition) is 0. The summed E-state index contributed by atoms with van der Waals surface area (Å²) in [5.74, 6) is -0.711. The minimum absolute atomic E-state index is 0.194. The van der Waals surface area contributed by atoms with E-state index < -0.39 is 17.0 Å². The third-order valence-electron chi connectivity index (χ3n) is 4.27. The molecule has 2 aromatic heterocycles. The van der Waals surface area contributed by atoms with Crippen LogP contribution in [-0.2, 0) is 0 Å². The van der Waals surface area contributed by atoms with Gasteiger partial charge in [-0.25, -0.2) is 9.59 Å². The molecule has 5 nitrogen and oxygen atoms in total. The number of ketones is 1. The minimum Gasteiger partial charge on any atom is -0.422 e. The Bertz CT molecular complexity index is 1210. The average molecular weight is 346 g/mol. The average Bonchev–Trinajstić information content (AvgIpc) is 2.59. The monoisotopic (exact) mass is 346 g/mol. The summed E-state index contributed by atoms with van der Waals surface area (Å²) in [5.41, 5.74) is 0.712. The molecule has 0 amide bonds. The summed E-state index contributed by atoms with van der Waals surface area (Å²) in [4.78, 5) is 37.3. The minimum atomic E-state index is -0.781. The molecule has 0 aliphatic rings. The van der Waals surface area contributed by atoms with Gasteiger partial charge in [-0.05, 0) is 49.2 Å². The lowest BCUT2D eigenvalue weighted by Gasteiger charge is -2.04. The molecule has 0 saturated carbocycles. The number of fused-ring (bicyclic) bond motifs is 2. The van der Waals surface area contributed by atoms with Crippen molar-refractivity contribution in [3.63, 3.8) is 0 Å². The zero-order chi connectivity index (χ0) is 18.4. The molecule has 0 radical (unpaired) electrons. The van der Waals surface area contributed by atoms with Gasteiger partial charge in [-0.2, -0.15) is 0 Å². The van der Waals surface area contributed by atoms with Gasteiger partial charge in [0.2, 0.25) is 5.78 Å². The van der Waals surface area contributed by atoms with E-state index in [2.05, 4.69) is 0 Å². The van der Waals surface area contributed by atoms with E-state index in [4.69, 9.17) is 8.83 Å². The molecule has 2 aromatic carbocycles. The number of carbonyl (C=O) groups is 1. The molecule has 4 aromatic rings. The van der Waals surface area contributed by atoms with E-state index >= 15 is 0 Å². The summed E-state index contributed by atoms with van der Waals surface area (Å²) in [6.45, 7) is 3.75. The van der Waals surface area contributed by atoms with Crippen molar-refractivity contribution in [2.75, 3.05) is 0 Å². The molecule has 0 N–H and O–H groups in total. The van der Waals surface area contributed by atoms with E-state index in [0.29, 0.717) is 21.9 Å². The summed E-state index contributed by atoms with van der Waals surface area (Å²) in [6, 6.07) is 13.6. The molecular weight excluding hydrogens is 332 g/mol. The van der Waals surface area contributed by atoms with Crippen molar-refractivity contribution in [2.24, 2.45) is 0 Å². The highest BCUT2D eigenvalue weighted by Crippen LogP contribution is 2.19. The van der Waals surface area contributed by atoms with Crippen molar-refractivity contribution in [3.05, 3.63) is 91.6 Å². The number of carbonyl (C=O) groups excluding carboxylic acids is 1. The normalized spacial score (nSPS) is 11.2. The quantitative estimate of drug-likeness (QED) is 0.408. The molecule has 2 heterocycles. The van der Waals surface area contributed by atoms with Gasteiger partial charge < -0.3 is 8.83 Å². The van der Waals surface area contributed by atoms with Crippen molar-refractivity contribution in [2.45, 2.75) is 13.8 Å². The molecule has 26 heavy (non-hydrogen) atoms. The van der Waals surface area contributed by atoms with Crippen molar-refractivity contribution >= 4 is 27.7 Å². The predicted molar refractivity (Wildman–Crippen MR) is 97.9 cm³/mol. The lowest BCUT2D eigenvalue weighted by atomic mass is 10.0. The molecule has 0 spiro atoms. The molecule has 0 fully saturated rings. The van der Waals surface area contributed by atoms with Gasteiger partial charge in [0.1, 0.15) is 22.3 Å². The third kappa shape index (κ3) is 2.63. The summed E-state index contributed by atoms with van der Waals surface area (Å²) in [7, 11) is 0. The summed E-state index contributed by atoms with van der Waals surface area (Å²) < 4.78 is 10.5. The predicted octanol–water partition coefficient (Wildman–Crippen LogP) is 3.75. The van der Waals surface area contributed by atoms with Crippen LogP contribution in [0.3, 0.4) is 0 Å². The van der Waals surface area contributed by atoms with Gasteiger partial charge in [-0.1, -0.05) is 24.3 Å². The Labute approximate surface area is 147 Å². The molecule has 4 rings (SSSR count). The molecule has 0 bridgehead atoms. The smallest absolute Gasteiger partial charge is 0.347 e. The Morgan fingerprint density at radius 2 is 1.12 bits per heavy atom. The van der Waals surface area contributed by atoms with Crippen molar-refractivity contribution in [1.29, 1.82) is 0 Å². The largest absolute Gasteiger partial charge is 0.422 e. The fourth-order valence-electron chi connectivity index (χ4n) is 2.90. The van der Waals surface area contributed by atoms with Gasteiger partial charge in [0, 0.05) is 10.8 Å². The van der Waals surface area contributed by atoms with Crippen LogP contribution in [0.4, 0.5) is 0 Å². The highest BCUT2D eigenvalue weighted by molar-refractivity contribution is 6.10. The van der Waals surface area contributed by atoms with Gasteiger partial charge in [0.25, 0.3) is 0 Å². The summed E-state index contributed by atoms with van der Waals surface area (Å²) in [5, 5.41) is 1.22. The number of aryl methyl sites for hydroxylation is 2. The van der Waals surface area contributed by atoms with Crippen molar-refractivity contribution in [3.8, 4) is 0 Å². The van der Waals surface area contributed by atoms with E-state index in [1.165, 1.54) is 12.1 Å². The van der Waals surface area contributed by atoms with Gasteiger partial charge in [-0.15, -0.1) is 0 Å². The Kier molecular flexibility index (Phi) is 3.58. The second-order valence-corrected chi connectivity index (χ2v) is 6.31. The second kappa shape index (κ2) is 5.81. The molecule has 5 heteroatoms. The van der Waals surface area contributed by atoms with E-state index in [1.54, 1.807) is 24.3 Å². The SMILES string of the molecule is Cc1ccc2cc(C(=O)c3cc4ccc(C)cc4oc3=O)c(=O)oc2c1. The standard InChI is InChI=1S/C21H14O5/c1-11-3-5-13-9-15(20(23)25-17(13)7-11)19(22)16-10-14-6-4-12(2)8-18(14)26-21(16)24/h3-10H,1-2H3. The van der Waals surface area contributed by atoms with E-state index in [1.807, 2.05) is 26.0 Å². The van der Waals surface area contributed by atoms with Crippen LogP contribution in [-0.4, -0.2) is 5.78 Å². The lowest BCUT2D eigenvalue weighted by molar-refractivity contribution is 0.103. The maximum Gasteiger partial charge on any atom is 0.347 e. The Morgan fingerprint density at radius 3 is 1.54 bits per heavy atom. The van der Waals surface area contributed by atoms with Crippen LogP contribution < -0.4 is 11.3 Å². The topological polar surface area (TPSA) is 77.5 Å². The van der Waals surface area contributed by atoms with E-state index in [9.17, 15) is 14.4 Å². The number of hydrogen-bond acceptors (Lipinski definition) is 5. The molecule has 0 saturated heterocycles. The first kappa shape index (κ1) is 16.0. The molecular formula is C21H14O5. The van der Waals surface area contributed by atoms with Crippen LogP contribution >= 0.6 is 0 Å².